The van der Waals surface area contributed by atoms with Crippen LogP contribution in [0.25, 0.3) is 5.69 Å². The molecule has 1 aliphatic heterocycles. The maximum atomic E-state index is 13.0. The number of carbonyl (C=O) groups is 2. The van der Waals surface area contributed by atoms with Crippen LogP contribution in [0.3, 0.4) is 0 Å². The lowest BCUT2D eigenvalue weighted by molar-refractivity contribution is -0.140. The first-order valence-corrected chi connectivity index (χ1v) is 12.2. The van der Waals surface area contributed by atoms with Crippen molar-refractivity contribution in [1.29, 1.82) is 0 Å². The van der Waals surface area contributed by atoms with Crippen molar-refractivity contribution >= 4 is 40.4 Å². The highest BCUT2D eigenvalue weighted by atomic mass is 35.5. The van der Waals surface area contributed by atoms with Crippen molar-refractivity contribution in [2.75, 3.05) is 18.4 Å². The molecule has 2 amide bonds. The first-order valence-electron chi connectivity index (χ1n) is 11.0. The van der Waals surface area contributed by atoms with Gasteiger partial charge in [0.1, 0.15) is 0 Å². The summed E-state index contributed by atoms with van der Waals surface area (Å²) in [6.07, 6.45) is -3.67. The number of aromatic nitrogens is 1. The van der Waals surface area contributed by atoms with Crippen molar-refractivity contribution in [3.8, 4) is 5.69 Å². The fraction of sp³-hybridized carbons (Fsp3) is 0.292. The van der Waals surface area contributed by atoms with Gasteiger partial charge in [-0.05, 0) is 48.9 Å². The minimum atomic E-state index is -4.37. The topological polar surface area (TPSA) is 83.4 Å². The molecule has 3 heterocycles. The van der Waals surface area contributed by atoms with Crippen molar-refractivity contribution in [2.45, 2.75) is 31.1 Å². The average molecular weight is 539 g/mol. The van der Waals surface area contributed by atoms with Gasteiger partial charge in [-0.2, -0.15) is 13.2 Å². The molecule has 1 aliphatic rings. The summed E-state index contributed by atoms with van der Waals surface area (Å²) >= 11 is 6.97. The van der Waals surface area contributed by atoms with Crippen LogP contribution in [0.4, 0.5) is 18.9 Å². The number of alkyl halides is 3. The van der Waals surface area contributed by atoms with Gasteiger partial charge in [0.25, 0.3) is 11.5 Å². The highest BCUT2D eigenvalue weighted by Gasteiger charge is 2.39. The first-order chi connectivity index (χ1) is 17.1. The number of likely N-dealkylation sites (tertiary alicyclic amines) is 1. The Morgan fingerprint density at radius 3 is 2.47 bits per heavy atom. The third-order valence-electron chi connectivity index (χ3n) is 5.76. The van der Waals surface area contributed by atoms with E-state index < -0.39 is 30.6 Å². The number of nitrogens with one attached hydrogen (secondary N) is 2. The molecule has 0 bridgehead atoms. The van der Waals surface area contributed by atoms with Crippen molar-refractivity contribution < 1.29 is 22.8 Å². The van der Waals surface area contributed by atoms with E-state index in [9.17, 15) is 27.6 Å². The van der Waals surface area contributed by atoms with Crippen molar-refractivity contribution in [3.63, 3.8) is 0 Å². The van der Waals surface area contributed by atoms with E-state index in [0.717, 1.165) is 11.3 Å². The Bertz CT molecular complexity index is 1290. The van der Waals surface area contributed by atoms with Crippen molar-refractivity contribution in [3.05, 3.63) is 80.4 Å². The lowest BCUT2D eigenvalue weighted by Gasteiger charge is -2.24. The van der Waals surface area contributed by atoms with Crippen LogP contribution < -0.4 is 16.2 Å². The minimum absolute atomic E-state index is 0.106. The van der Waals surface area contributed by atoms with Gasteiger partial charge in [0.15, 0.2) is 0 Å². The second-order valence-corrected chi connectivity index (χ2v) is 10.0. The Balaban J connectivity index is 1.44. The fourth-order valence-corrected chi connectivity index (χ4v) is 5.01. The molecule has 0 saturated carbocycles. The van der Waals surface area contributed by atoms with Crippen LogP contribution in [0.2, 0.25) is 4.34 Å². The Hall–Kier alpha value is -3.15. The summed E-state index contributed by atoms with van der Waals surface area (Å²) in [5, 5.41) is 5.53. The maximum Gasteiger partial charge on any atom is 0.390 e. The fourth-order valence-electron chi connectivity index (χ4n) is 4.06. The van der Waals surface area contributed by atoms with E-state index in [1.165, 1.54) is 15.5 Å². The van der Waals surface area contributed by atoms with Gasteiger partial charge in [-0.1, -0.05) is 17.7 Å². The van der Waals surface area contributed by atoms with Gasteiger partial charge >= 0.3 is 6.18 Å². The molecule has 0 radical (unpaired) electrons. The summed E-state index contributed by atoms with van der Waals surface area (Å²) in [5.74, 6) is -0.863. The van der Waals surface area contributed by atoms with Crippen LogP contribution in [0.1, 0.15) is 22.5 Å². The summed E-state index contributed by atoms with van der Waals surface area (Å²) in [5.41, 5.74) is 0.824. The van der Waals surface area contributed by atoms with Gasteiger partial charge in [0.05, 0.1) is 21.7 Å². The monoisotopic (exact) mass is 538 g/mol. The van der Waals surface area contributed by atoms with Crippen molar-refractivity contribution in [2.24, 2.45) is 0 Å². The van der Waals surface area contributed by atoms with E-state index in [0.29, 0.717) is 20.6 Å². The third kappa shape index (κ3) is 6.54. The number of halogens is 4. The number of carbonyl (C=O) groups excluding carboxylic acids is 2. The molecule has 3 aromatic rings. The number of nitrogens with zero attached hydrogens (tertiary/aromatic N) is 2. The highest BCUT2D eigenvalue weighted by Crippen LogP contribution is 2.26. The molecule has 36 heavy (non-hydrogen) atoms. The quantitative estimate of drug-likeness (QED) is 0.469. The molecule has 0 aliphatic carbocycles. The predicted octanol–water partition coefficient (Wildman–Crippen LogP) is 4.32. The van der Waals surface area contributed by atoms with Gasteiger partial charge in [-0.25, -0.2) is 0 Å². The third-order valence-corrected chi connectivity index (χ3v) is 6.99. The van der Waals surface area contributed by atoms with E-state index in [1.54, 1.807) is 54.7 Å². The number of anilines is 1. The van der Waals surface area contributed by atoms with Crippen LogP contribution in [-0.2, 0) is 4.79 Å². The summed E-state index contributed by atoms with van der Waals surface area (Å²) in [7, 11) is 0. The van der Waals surface area contributed by atoms with Crippen LogP contribution in [-0.4, -0.2) is 52.6 Å². The van der Waals surface area contributed by atoms with E-state index in [2.05, 4.69) is 10.6 Å². The van der Waals surface area contributed by atoms with Gasteiger partial charge in [0, 0.05) is 42.8 Å². The van der Waals surface area contributed by atoms with Gasteiger partial charge < -0.3 is 10.6 Å². The summed E-state index contributed by atoms with van der Waals surface area (Å²) < 4.78 is 40.5. The lowest BCUT2D eigenvalue weighted by atomic mass is 10.1. The maximum absolute atomic E-state index is 13.0. The largest absolute Gasteiger partial charge is 0.390 e. The molecule has 1 fully saturated rings. The smallest absolute Gasteiger partial charge is 0.347 e. The Labute approximate surface area is 213 Å². The number of amides is 2. The standard InChI is InChI=1S/C24H22ClF3N4O3S/c25-20-9-8-19(36-20)23(35)30-16-13-18(31(14-16)12-10-24(26,27)28)22(34)29-15-4-6-17(7-5-15)32-11-2-1-3-21(32)33/h1-9,11,16,18H,10,12-14H2,(H,29,34)(H,30,35)/t16?,18-/m0/s1. The molecule has 190 valence electrons. The Kier molecular flexibility index (Phi) is 7.82. The summed E-state index contributed by atoms with van der Waals surface area (Å²) in [4.78, 5) is 39.4. The molecule has 0 spiro atoms. The van der Waals surface area contributed by atoms with Crippen LogP contribution in [0.5, 0.6) is 0 Å². The molecule has 1 unspecified atom stereocenters. The van der Waals surface area contributed by atoms with E-state index in [4.69, 9.17) is 11.6 Å². The van der Waals surface area contributed by atoms with Crippen LogP contribution in [0, 0.1) is 0 Å². The summed E-state index contributed by atoms with van der Waals surface area (Å²) in [6, 6.07) is 13.1. The molecular formula is C24H22ClF3N4O3S. The Morgan fingerprint density at radius 1 is 1.08 bits per heavy atom. The van der Waals surface area contributed by atoms with Gasteiger partial charge in [-0.3, -0.25) is 23.9 Å². The van der Waals surface area contributed by atoms with Crippen molar-refractivity contribution in [1.82, 2.24) is 14.8 Å². The van der Waals surface area contributed by atoms with Crippen LogP contribution >= 0.6 is 22.9 Å². The second kappa shape index (κ2) is 10.9. The first kappa shape index (κ1) is 25.9. The van der Waals surface area contributed by atoms with E-state index >= 15 is 0 Å². The number of benzene rings is 1. The number of hydrogen-bond donors (Lipinski definition) is 2. The number of hydrogen-bond acceptors (Lipinski definition) is 5. The predicted molar refractivity (Wildman–Crippen MR) is 132 cm³/mol. The second-order valence-electron chi connectivity index (χ2n) is 8.33. The molecule has 4 rings (SSSR count). The minimum Gasteiger partial charge on any atom is -0.347 e. The zero-order chi connectivity index (χ0) is 25.9. The highest BCUT2D eigenvalue weighted by molar-refractivity contribution is 7.18. The average Bonchev–Trinajstić information content (AvgIpc) is 3.44. The molecule has 7 nitrogen and oxygen atoms in total. The molecular weight excluding hydrogens is 517 g/mol. The molecule has 1 aromatic carbocycles. The molecule has 12 heteroatoms. The lowest BCUT2D eigenvalue weighted by Crippen LogP contribution is -2.41. The van der Waals surface area contributed by atoms with E-state index in [1.807, 2.05) is 0 Å². The molecule has 1 saturated heterocycles. The summed E-state index contributed by atoms with van der Waals surface area (Å²) in [6.45, 7) is -0.260. The number of rotatable bonds is 7. The van der Waals surface area contributed by atoms with E-state index in [-0.39, 0.29) is 31.0 Å². The zero-order valence-corrected chi connectivity index (χ0v) is 20.4. The number of pyridine rings is 1. The molecule has 2 N–H and O–H groups in total. The molecule has 2 atom stereocenters. The molecule has 2 aromatic heterocycles. The number of thiophene rings is 1. The SMILES string of the molecule is O=C(NC1C[C@@H](C(=O)Nc2ccc(-n3ccccc3=O)cc2)N(CCC(F)(F)F)C1)c1ccc(Cl)s1. The zero-order valence-electron chi connectivity index (χ0n) is 18.8. The van der Waals surface area contributed by atoms with Gasteiger partial charge in [-0.15, -0.1) is 11.3 Å². The Morgan fingerprint density at radius 2 is 1.83 bits per heavy atom. The normalized spacial score (nSPS) is 18.2. The van der Waals surface area contributed by atoms with Gasteiger partial charge in [0.2, 0.25) is 5.91 Å². The van der Waals surface area contributed by atoms with Crippen LogP contribution in [0.15, 0.2) is 65.6 Å².